The zero-order valence-corrected chi connectivity index (χ0v) is 5.74. The lowest BCUT2D eigenvalue weighted by Gasteiger charge is -2.10. The predicted octanol–water partition coefficient (Wildman–Crippen LogP) is -0.960. The summed E-state index contributed by atoms with van der Waals surface area (Å²) < 4.78 is 0. The Hall–Kier alpha value is -0.610. The molecule has 1 aliphatic rings. The van der Waals surface area contributed by atoms with Gasteiger partial charge in [-0.15, -0.1) is 0 Å². The Morgan fingerprint density at radius 2 is 2.30 bits per heavy atom. The highest BCUT2D eigenvalue weighted by atomic mass is 16.4. The maximum atomic E-state index is 10.4. The lowest BCUT2D eigenvalue weighted by atomic mass is 10.0. The lowest BCUT2D eigenvalue weighted by Crippen LogP contribution is -2.30. The van der Waals surface area contributed by atoms with E-state index in [0.29, 0.717) is 6.54 Å². The summed E-state index contributed by atoms with van der Waals surface area (Å²) in [5.74, 6) is -1.56. The molecule has 0 bridgehead atoms. The number of carbonyl (C=O) groups is 1. The maximum Gasteiger partial charge on any atom is 0.310 e. The summed E-state index contributed by atoms with van der Waals surface area (Å²) in [6.45, 7) is 2.14. The molecule has 0 aromatic rings. The zero-order valence-electron chi connectivity index (χ0n) is 5.74. The number of nitrogens with one attached hydrogen (secondary N) is 1. The van der Waals surface area contributed by atoms with Crippen LogP contribution in [-0.2, 0) is 4.79 Å². The van der Waals surface area contributed by atoms with Crippen molar-refractivity contribution in [1.29, 1.82) is 0 Å². The second kappa shape index (κ2) is 2.56. The van der Waals surface area contributed by atoms with Crippen LogP contribution in [0.2, 0.25) is 0 Å². The van der Waals surface area contributed by atoms with Crippen LogP contribution in [0, 0.1) is 5.92 Å². The van der Waals surface area contributed by atoms with Gasteiger partial charge in [0.05, 0.1) is 12.0 Å². The van der Waals surface area contributed by atoms with Crippen LogP contribution in [0.3, 0.4) is 0 Å². The van der Waals surface area contributed by atoms with Crippen molar-refractivity contribution in [2.45, 2.75) is 19.1 Å². The van der Waals surface area contributed by atoms with Crippen molar-refractivity contribution in [3.8, 4) is 0 Å². The molecule has 1 saturated heterocycles. The van der Waals surface area contributed by atoms with E-state index in [-0.39, 0.29) is 6.04 Å². The molecule has 1 aliphatic heterocycles. The van der Waals surface area contributed by atoms with Crippen molar-refractivity contribution in [1.82, 2.24) is 5.32 Å². The molecule has 10 heavy (non-hydrogen) atoms. The lowest BCUT2D eigenvalue weighted by molar-refractivity contribution is -0.144. The van der Waals surface area contributed by atoms with Gasteiger partial charge in [0.15, 0.2) is 0 Å². The predicted molar refractivity (Wildman–Crippen MR) is 34.6 cm³/mol. The van der Waals surface area contributed by atoms with Crippen molar-refractivity contribution in [3.63, 3.8) is 0 Å². The summed E-state index contributed by atoms with van der Waals surface area (Å²) in [6.07, 6.45) is -0.738. The average molecular weight is 145 g/mol. The molecule has 0 saturated carbocycles. The van der Waals surface area contributed by atoms with Crippen LogP contribution in [-0.4, -0.2) is 34.9 Å². The second-order valence-corrected chi connectivity index (χ2v) is 2.63. The van der Waals surface area contributed by atoms with Crippen molar-refractivity contribution in [2.75, 3.05) is 6.54 Å². The Bertz CT molecular complexity index is 148. The first-order chi connectivity index (χ1) is 4.63. The van der Waals surface area contributed by atoms with Crippen LogP contribution in [0.4, 0.5) is 0 Å². The number of carboxylic acid groups (broad SMARTS) is 1. The Balaban J connectivity index is 2.57. The van der Waals surface area contributed by atoms with E-state index in [1.807, 2.05) is 0 Å². The third kappa shape index (κ3) is 1.12. The summed E-state index contributed by atoms with van der Waals surface area (Å²) in [5.41, 5.74) is 0. The molecular weight excluding hydrogens is 134 g/mol. The molecule has 0 aromatic carbocycles. The molecule has 1 fully saturated rings. The molecule has 0 radical (unpaired) electrons. The summed E-state index contributed by atoms with van der Waals surface area (Å²) in [7, 11) is 0. The standard InChI is InChI=1S/C6H11NO3/c1-3-5(8)4(2-7-3)6(9)10/h3-5,7-8H,2H2,1H3,(H,9,10)/t3-,4-,5-/m1/s1. The van der Waals surface area contributed by atoms with Gasteiger partial charge >= 0.3 is 5.97 Å². The minimum Gasteiger partial charge on any atom is -0.481 e. The van der Waals surface area contributed by atoms with Crippen LogP contribution >= 0.6 is 0 Å². The monoisotopic (exact) mass is 145 g/mol. The number of hydrogen-bond acceptors (Lipinski definition) is 3. The van der Waals surface area contributed by atoms with Gasteiger partial charge in [-0.3, -0.25) is 4.79 Å². The minimum atomic E-state index is -0.927. The number of aliphatic hydroxyl groups excluding tert-OH is 1. The van der Waals surface area contributed by atoms with Gasteiger partial charge in [-0.05, 0) is 6.92 Å². The van der Waals surface area contributed by atoms with E-state index in [4.69, 9.17) is 5.11 Å². The molecule has 0 aliphatic carbocycles. The third-order valence-corrected chi connectivity index (χ3v) is 1.90. The van der Waals surface area contributed by atoms with E-state index in [1.54, 1.807) is 6.92 Å². The molecule has 1 rings (SSSR count). The van der Waals surface area contributed by atoms with Crippen LogP contribution < -0.4 is 5.32 Å². The second-order valence-electron chi connectivity index (χ2n) is 2.63. The van der Waals surface area contributed by atoms with Crippen molar-refractivity contribution >= 4 is 5.97 Å². The fourth-order valence-corrected chi connectivity index (χ4v) is 1.14. The highest BCUT2D eigenvalue weighted by molar-refractivity contribution is 5.71. The van der Waals surface area contributed by atoms with Gasteiger partial charge in [0.25, 0.3) is 0 Å². The molecule has 0 aromatic heterocycles. The fraction of sp³-hybridized carbons (Fsp3) is 0.833. The SMILES string of the molecule is C[C@H]1NC[C@@H](C(=O)O)[C@@H]1O. The van der Waals surface area contributed by atoms with Gasteiger partial charge in [0.2, 0.25) is 0 Å². The smallest absolute Gasteiger partial charge is 0.310 e. The highest BCUT2D eigenvalue weighted by Gasteiger charge is 2.36. The quantitative estimate of drug-likeness (QED) is 0.444. The molecule has 4 heteroatoms. The van der Waals surface area contributed by atoms with Gasteiger partial charge in [-0.2, -0.15) is 0 Å². The van der Waals surface area contributed by atoms with Gasteiger partial charge < -0.3 is 15.5 Å². The minimum absolute atomic E-state index is 0.0962. The van der Waals surface area contributed by atoms with E-state index in [1.165, 1.54) is 0 Å². The Labute approximate surface area is 58.9 Å². The number of aliphatic carboxylic acids is 1. The molecule has 3 atom stereocenters. The Kier molecular flexibility index (Phi) is 1.92. The van der Waals surface area contributed by atoms with Crippen molar-refractivity contribution in [3.05, 3.63) is 0 Å². The van der Waals surface area contributed by atoms with Crippen LogP contribution in [0.15, 0.2) is 0 Å². The summed E-state index contributed by atoms with van der Waals surface area (Å²) >= 11 is 0. The molecule has 1 heterocycles. The maximum absolute atomic E-state index is 10.4. The third-order valence-electron chi connectivity index (χ3n) is 1.90. The van der Waals surface area contributed by atoms with E-state index < -0.39 is 18.0 Å². The van der Waals surface area contributed by atoms with E-state index in [2.05, 4.69) is 5.32 Å². The molecule has 3 N–H and O–H groups in total. The Morgan fingerprint density at radius 3 is 2.50 bits per heavy atom. The van der Waals surface area contributed by atoms with Gasteiger partial charge in [-0.1, -0.05) is 0 Å². The van der Waals surface area contributed by atoms with Gasteiger partial charge in [-0.25, -0.2) is 0 Å². The molecule has 58 valence electrons. The first-order valence-corrected chi connectivity index (χ1v) is 3.27. The average Bonchev–Trinajstić information content (AvgIpc) is 2.14. The number of rotatable bonds is 1. The zero-order chi connectivity index (χ0) is 7.72. The highest BCUT2D eigenvalue weighted by Crippen LogP contribution is 2.14. The first-order valence-electron chi connectivity index (χ1n) is 3.27. The normalized spacial score (nSPS) is 40.0. The van der Waals surface area contributed by atoms with Crippen LogP contribution in [0.25, 0.3) is 0 Å². The number of hydrogen-bond donors (Lipinski definition) is 3. The molecular formula is C6H11NO3. The summed E-state index contributed by atoms with van der Waals surface area (Å²) in [4.78, 5) is 10.4. The first kappa shape index (κ1) is 7.50. The molecule has 0 amide bonds. The van der Waals surface area contributed by atoms with Crippen molar-refractivity contribution in [2.24, 2.45) is 5.92 Å². The van der Waals surface area contributed by atoms with Gasteiger partial charge in [0.1, 0.15) is 0 Å². The molecule has 0 spiro atoms. The van der Waals surface area contributed by atoms with E-state index in [9.17, 15) is 9.90 Å². The van der Waals surface area contributed by atoms with Crippen LogP contribution in [0.5, 0.6) is 0 Å². The Morgan fingerprint density at radius 1 is 1.70 bits per heavy atom. The number of aliphatic hydroxyl groups is 1. The topological polar surface area (TPSA) is 69.6 Å². The largest absolute Gasteiger partial charge is 0.481 e. The van der Waals surface area contributed by atoms with E-state index in [0.717, 1.165) is 0 Å². The van der Waals surface area contributed by atoms with E-state index >= 15 is 0 Å². The van der Waals surface area contributed by atoms with Crippen LogP contribution in [0.1, 0.15) is 6.92 Å². The summed E-state index contributed by atoms with van der Waals surface area (Å²) in [6, 6.07) is -0.0962. The van der Waals surface area contributed by atoms with Crippen molar-refractivity contribution < 1.29 is 15.0 Å². The van der Waals surface area contributed by atoms with Gasteiger partial charge in [0, 0.05) is 12.6 Å². The molecule has 4 nitrogen and oxygen atoms in total. The number of carboxylic acids is 1. The fourth-order valence-electron chi connectivity index (χ4n) is 1.14. The molecule has 0 unspecified atom stereocenters. The summed E-state index contributed by atoms with van der Waals surface area (Å²) in [5, 5.41) is 20.6.